The van der Waals surface area contributed by atoms with Crippen LogP contribution >= 0.6 is 12.4 Å². The summed E-state index contributed by atoms with van der Waals surface area (Å²) in [5, 5.41) is 8.71. The van der Waals surface area contributed by atoms with Gasteiger partial charge in [0.05, 0.1) is 12.7 Å². The second-order valence-electron chi connectivity index (χ2n) is 5.42. The first-order valence-electron chi connectivity index (χ1n) is 7.55. The normalized spacial score (nSPS) is 20.3. The summed E-state index contributed by atoms with van der Waals surface area (Å²) in [5.74, 6) is -0.237. The van der Waals surface area contributed by atoms with Gasteiger partial charge >= 0.3 is 0 Å². The lowest BCUT2D eigenvalue weighted by Crippen LogP contribution is -2.56. The van der Waals surface area contributed by atoms with Crippen molar-refractivity contribution in [1.82, 2.24) is 16.0 Å². The number of aryl methyl sites for hydroxylation is 1. The van der Waals surface area contributed by atoms with Crippen LogP contribution in [0.25, 0.3) is 0 Å². The van der Waals surface area contributed by atoms with Crippen LogP contribution in [0.4, 0.5) is 0 Å². The van der Waals surface area contributed by atoms with Gasteiger partial charge in [0, 0.05) is 25.2 Å². The highest BCUT2D eigenvalue weighted by molar-refractivity contribution is 5.94. The van der Waals surface area contributed by atoms with Crippen LogP contribution in [0.2, 0.25) is 0 Å². The zero-order valence-electron chi connectivity index (χ0n) is 13.4. The first-order valence-corrected chi connectivity index (χ1v) is 7.55. The summed E-state index contributed by atoms with van der Waals surface area (Å²) in [6.45, 7) is 5.92. The molecule has 1 heterocycles. The van der Waals surface area contributed by atoms with Gasteiger partial charge in [-0.2, -0.15) is 0 Å². The standard InChI is InChI=1S/C16H23N3O3.ClH/c1-11-3-5-13(6-4-11)15(20)18-7-8-19-16(21)14-12(2)22-10-9-17-14;/h3-6,12,14,17H,7-10H2,1-2H3,(H,18,20)(H,19,21);1H/t12-,14+;/m1./s1. The van der Waals surface area contributed by atoms with E-state index in [1.165, 1.54) is 0 Å². The van der Waals surface area contributed by atoms with Crippen LogP contribution in [0.5, 0.6) is 0 Å². The molecule has 6 nitrogen and oxygen atoms in total. The van der Waals surface area contributed by atoms with E-state index < -0.39 is 0 Å². The molecule has 0 aliphatic carbocycles. The SMILES string of the molecule is Cc1ccc(C(=O)NCCNC(=O)[C@H]2NCCO[C@@H]2C)cc1.Cl. The number of ether oxygens (including phenoxy) is 1. The minimum absolute atomic E-state index is 0. The number of hydrogen-bond acceptors (Lipinski definition) is 4. The number of carbonyl (C=O) groups excluding carboxylic acids is 2. The molecule has 0 bridgehead atoms. The van der Waals surface area contributed by atoms with E-state index in [1.54, 1.807) is 12.1 Å². The summed E-state index contributed by atoms with van der Waals surface area (Å²) < 4.78 is 5.43. The summed E-state index contributed by atoms with van der Waals surface area (Å²) in [6, 6.07) is 7.03. The van der Waals surface area contributed by atoms with Gasteiger partial charge in [-0.15, -0.1) is 12.4 Å². The van der Waals surface area contributed by atoms with Crippen molar-refractivity contribution < 1.29 is 14.3 Å². The minimum atomic E-state index is -0.332. The third-order valence-electron chi connectivity index (χ3n) is 3.62. The van der Waals surface area contributed by atoms with Crippen molar-refractivity contribution in [1.29, 1.82) is 0 Å². The van der Waals surface area contributed by atoms with Crippen LogP contribution in [0, 0.1) is 6.92 Å². The molecule has 128 valence electrons. The van der Waals surface area contributed by atoms with E-state index in [-0.39, 0.29) is 36.4 Å². The molecule has 7 heteroatoms. The molecular formula is C16H24ClN3O3. The Bertz CT molecular complexity index is 522. The molecule has 3 N–H and O–H groups in total. The van der Waals surface area contributed by atoms with Crippen molar-refractivity contribution in [2.75, 3.05) is 26.2 Å². The third kappa shape index (κ3) is 5.82. The van der Waals surface area contributed by atoms with Crippen LogP contribution < -0.4 is 16.0 Å². The number of halogens is 1. The fourth-order valence-corrected chi connectivity index (χ4v) is 2.31. The molecule has 0 spiro atoms. The molecule has 2 rings (SSSR count). The molecule has 1 aliphatic rings. The second kappa shape index (κ2) is 9.50. The van der Waals surface area contributed by atoms with E-state index in [1.807, 2.05) is 26.0 Å². The van der Waals surface area contributed by atoms with Gasteiger partial charge in [0.15, 0.2) is 0 Å². The Balaban J connectivity index is 0.00000264. The number of morpholine rings is 1. The van der Waals surface area contributed by atoms with Crippen molar-refractivity contribution in [2.24, 2.45) is 0 Å². The summed E-state index contributed by atoms with van der Waals surface area (Å²) in [5.41, 5.74) is 1.73. The number of carbonyl (C=O) groups is 2. The van der Waals surface area contributed by atoms with Crippen molar-refractivity contribution in [2.45, 2.75) is 26.0 Å². The van der Waals surface area contributed by atoms with E-state index in [9.17, 15) is 9.59 Å². The first kappa shape index (κ1) is 19.4. The van der Waals surface area contributed by atoms with Crippen molar-refractivity contribution in [3.05, 3.63) is 35.4 Å². The average Bonchev–Trinajstić information content (AvgIpc) is 2.52. The van der Waals surface area contributed by atoms with Gasteiger partial charge < -0.3 is 20.7 Å². The summed E-state index contributed by atoms with van der Waals surface area (Å²) >= 11 is 0. The number of benzene rings is 1. The molecule has 0 unspecified atom stereocenters. The molecule has 1 saturated heterocycles. The quantitative estimate of drug-likeness (QED) is 0.687. The van der Waals surface area contributed by atoms with Gasteiger partial charge in [-0.05, 0) is 26.0 Å². The predicted molar refractivity (Wildman–Crippen MR) is 91.0 cm³/mol. The van der Waals surface area contributed by atoms with Crippen molar-refractivity contribution in [3.8, 4) is 0 Å². The Kier molecular flexibility index (Phi) is 8.02. The number of amides is 2. The zero-order chi connectivity index (χ0) is 15.9. The maximum atomic E-state index is 12.0. The maximum Gasteiger partial charge on any atom is 0.251 e. The third-order valence-corrected chi connectivity index (χ3v) is 3.62. The van der Waals surface area contributed by atoms with Gasteiger partial charge in [-0.25, -0.2) is 0 Å². The van der Waals surface area contributed by atoms with Crippen LogP contribution in [0.3, 0.4) is 0 Å². The fourth-order valence-electron chi connectivity index (χ4n) is 2.31. The van der Waals surface area contributed by atoms with E-state index in [0.717, 1.165) is 5.56 Å². The van der Waals surface area contributed by atoms with Gasteiger partial charge in [0.25, 0.3) is 5.91 Å². The van der Waals surface area contributed by atoms with E-state index in [0.29, 0.717) is 31.8 Å². The Labute approximate surface area is 142 Å². The minimum Gasteiger partial charge on any atom is -0.375 e. The van der Waals surface area contributed by atoms with Gasteiger partial charge in [-0.1, -0.05) is 17.7 Å². The van der Waals surface area contributed by atoms with Crippen molar-refractivity contribution in [3.63, 3.8) is 0 Å². The topological polar surface area (TPSA) is 79.5 Å². The van der Waals surface area contributed by atoms with Crippen LogP contribution in [-0.2, 0) is 9.53 Å². The van der Waals surface area contributed by atoms with E-state index in [4.69, 9.17) is 4.74 Å². The Hall–Kier alpha value is -1.63. The molecule has 2 amide bonds. The first-order chi connectivity index (χ1) is 10.6. The molecule has 23 heavy (non-hydrogen) atoms. The Morgan fingerprint density at radius 2 is 1.87 bits per heavy atom. The van der Waals surface area contributed by atoms with E-state index in [2.05, 4.69) is 16.0 Å². The Morgan fingerprint density at radius 1 is 1.22 bits per heavy atom. The van der Waals surface area contributed by atoms with Gasteiger partial charge in [0.1, 0.15) is 6.04 Å². The van der Waals surface area contributed by atoms with Crippen molar-refractivity contribution >= 4 is 24.2 Å². The second-order valence-corrected chi connectivity index (χ2v) is 5.42. The molecular weight excluding hydrogens is 318 g/mol. The predicted octanol–water partition coefficient (Wildman–Crippen LogP) is 0.640. The average molecular weight is 342 g/mol. The lowest BCUT2D eigenvalue weighted by molar-refractivity contribution is -0.128. The summed E-state index contributed by atoms with van der Waals surface area (Å²) in [4.78, 5) is 23.9. The highest BCUT2D eigenvalue weighted by Gasteiger charge is 2.27. The summed E-state index contributed by atoms with van der Waals surface area (Å²) in [6.07, 6.45) is -0.143. The molecule has 1 aromatic carbocycles. The lowest BCUT2D eigenvalue weighted by atomic mass is 10.1. The molecule has 0 saturated carbocycles. The molecule has 2 atom stereocenters. The highest BCUT2D eigenvalue weighted by Crippen LogP contribution is 2.04. The highest BCUT2D eigenvalue weighted by atomic mass is 35.5. The lowest BCUT2D eigenvalue weighted by Gasteiger charge is -2.29. The summed E-state index contributed by atoms with van der Waals surface area (Å²) in [7, 11) is 0. The molecule has 0 aromatic heterocycles. The van der Waals surface area contributed by atoms with E-state index >= 15 is 0 Å². The number of nitrogens with one attached hydrogen (secondary N) is 3. The van der Waals surface area contributed by atoms with Gasteiger partial charge in [-0.3, -0.25) is 9.59 Å². The Morgan fingerprint density at radius 3 is 2.52 bits per heavy atom. The fraction of sp³-hybridized carbons (Fsp3) is 0.500. The maximum absolute atomic E-state index is 12.0. The van der Waals surface area contributed by atoms with Crippen LogP contribution in [0.15, 0.2) is 24.3 Å². The van der Waals surface area contributed by atoms with Crippen LogP contribution in [-0.4, -0.2) is 50.2 Å². The van der Waals surface area contributed by atoms with Crippen LogP contribution in [0.1, 0.15) is 22.8 Å². The zero-order valence-corrected chi connectivity index (χ0v) is 14.2. The largest absolute Gasteiger partial charge is 0.375 e. The number of hydrogen-bond donors (Lipinski definition) is 3. The molecule has 1 aliphatic heterocycles. The van der Waals surface area contributed by atoms with Gasteiger partial charge in [0.2, 0.25) is 5.91 Å². The smallest absolute Gasteiger partial charge is 0.251 e. The monoisotopic (exact) mass is 341 g/mol. The number of rotatable bonds is 5. The molecule has 1 aromatic rings. The molecule has 1 fully saturated rings. The molecule has 0 radical (unpaired) electrons.